The zero-order chi connectivity index (χ0) is 84.0. The van der Waals surface area contributed by atoms with Gasteiger partial charge in [-0.05, 0) is 131 Å². The summed E-state index contributed by atoms with van der Waals surface area (Å²) < 4.78 is 17.8. The lowest BCUT2D eigenvalue weighted by molar-refractivity contribution is -0.148. The van der Waals surface area contributed by atoms with Crippen LogP contribution < -0.4 is 54.0 Å². The van der Waals surface area contributed by atoms with Crippen LogP contribution in [0.2, 0.25) is 0 Å². The number of likely N-dealkylation sites (tertiary alicyclic amines) is 1. The van der Waals surface area contributed by atoms with Crippen molar-refractivity contribution in [1.82, 2.24) is 51.9 Å². The lowest BCUT2D eigenvalue weighted by atomic mass is 9.89. The maximum Gasteiger partial charge on any atom is 0.410 e. The summed E-state index contributed by atoms with van der Waals surface area (Å²) in [6.07, 6.45) is -0.944. The van der Waals surface area contributed by atoms with Crippen LogP contribution in [0.3, 0.4) is 0 Å². The number of anilines is 1. The molecule has 622 valence electrons. The maximum atomic E-state index is 14.9. The number of carbonyl (C=O) groups excluding carboxylic acids is 11. The molecule has 15 N–H and O–H groups in total. The van der Waals surface area contributed by atoms with Crippen molar-refractivity contribution in [2.45, 2.75) is 233 Å². The Kier molecular flexibility index (Phi) is 38.3. The van der Waals surface area contributed by atoms with Gasteiger partial charge in [-0.1, -0.05) is 122 Å². The Bertz CT molecular complexity index is 3650. The number of nitrogens with one attached hydrogen (secondary N) is 8. The number of carboxylic acids is 1. The van der Waals surface area contributed by atoms with E-state index in [0.717, 1.165) is 11.1 Å². The second-order valence-corrected chi connectivity index (χ2v) is 30.7. The molecule has 0 unspecified atom stereocenters. The number of aliphatic hydroxyl groups excluding tert-OH is 1. The number of hydrogen-bond donors (Lipinski definition) is 13. The third-order valence-corrected chi connectivity index (χ3v) is 19.8. The molecule has 33 nitrogen and oxygen atoms in total. The number of aliphatic carboxylic acids is 1. The summed E-state index contributed by atoms with van der Waals surface area (Å²) in [6, 6.07) is 10.1. The van der Waals surface area contributed by atoms with Gasteiger partial charge in [-0.2, -0.15) is 0 Å². The van der Waals surface area contributed by atoms with E-state index < -0.39 is 174 Å². The average molecular weight is 1570 g/mol. The fraction of sp³-hybridized carbons (Fsp3) is 0.608. The van der Waals surface area contributed by atoms with Gasteiger partial charge in [0.05, 0.1) is 55.0 Å². The Morgan fingerprint density at radius 2 is 1.36 bits per heavy atom. The van der Waals surface area contributed by atoms with E-state index in [1.807, 2.05) is 52.8 Å². The van der Waals surface area contributed by atoms with Crippen LogP contribution in [-0.4, -0.2) is 228 Å². The Morgan fingerprint density at radius 3 is 1.93 bits per heavy atom. The van der Waals surface area contributed by atoms with Crippen LogP contribution in [0.5, 0.6) is 5.75 Å². The van der Waals surface area contributed by atoms with Crippen LogP contribution in [0.4, 0.5) is 15.3 Å². The molecule has 1 heterocycles. The molecule has 12 amide bonds. The number of aliphatic hydroxyl groups is 1. The standard InChI is InChI=1S/C79H122N14O19/c1-18-47(8)67(60(109-16)40-63(97)93-37-23-27-58(93)69(110-17)48(9)71(100)84-49(10)68(98)52-24-20-19-21-25-52)91(14)75(104)65(45(4)5)89-74(103)66(46(6)7)92(15)78(108)111-42-50-28-31-54(32-29-50)85-72(101)56(26-22-36-82-77(81)107)87-73(102)64(44(2)3)88-61(95)35-33-55(70(80)99)86-62(96)43-112-83-41-53-38-51(30-34-59(53)94)39-57(76(105)106)90-79(11,12)13/h19-21,24-25,28-32,34,38,41,44-49,55-58,60,64-69,90,94,98H,18,22-23,26-27,33,35-37,39-40,42-43H2,1-17H3,(H2,80,99)(H,84,100)(H,85,101)(H,86,96)(H,87,102)(H,88,95)(H,89,103)(H,105,106)(H3,81,82,107)/b83-41+/t47-,48+,49+,55-,56-,57-,58-,60+,64-,65-,66-,67-,68+,69+/m0/s1. The van der Waals surface area contributed by atoms with Crippen LogP contribution in [0.25, 0.3) is 0 Å². The molecule has 0 spiro atoms. The summed E-state index contributed by atoms with van der Waals surface area (Å²) in [5.41, 5.74) is 12.5. The first-order chi connectivity index (χ1) is 52.6. The Morgan fingerprint density at radius 1 is 0.714 bits per heavy atom. The lowest BCUT2D eigenvalue weighted by Gasteiger charge is -2.41. The van der Waals surface area contributed by atoms with Crippen molar-refractivity contribution in [2.24, 2.45) is 46.2 Å². The van der Waals surface area contributed by atoms with E-state index >= 15 is 0 Å². The number of amides is 12. The summed E-state index contributed by atoms with van der Waals surface area (Å²) >= 11 is 0. The predicted molar refractivity (Wildman–Crippen MR) is 419 cm³/mol. The maximum absolute atomic E-state index is 14.9. The van der Waals surface area contributed by atoms with Gasteiger partial charge in [0.15, 0.2) is 6.61 Å². The highest BCUT2D eigenvalue weighted by atomic mass is 16.6. The molecule has 1 aliphatic heterocycles. The van der Waals surface area contributed by atoms with Crippen molar-refractivity contribution in [3.8, 4) is 5.75 Å². The molecule has 0 aliphatic carbocycles. The molecule has 1 saturated heterocycles. The van der Waals surface area contributed by atoms with Gasteiger partial charge < -0.3 is 92.9 Å². The third kappa shape index (κ3) is 29.6. The lowest BCUT2D eigenvalue weighted by Crippen LogP contribution is -2.60. The van der Waals surface area contributed by atoms with Gasteiger partial charge in [0, 0.05) is 64.6 Å². The molecular weight excluding hydrogens is 1450 g/mol. The van der Waals surface area contributed by atoms with Crippen LogP contribution in [0, 0.1) is 29.6 Å². The van der Waals surface area contributed by atoms with Gasteiger partial charge in [-0.25, -0.2) is 9.59 Å². The minimum Gasteiger partial charge on any atom is -0.507 e. The normalized spacial score (nSPS) is 16.5. The van der Waals surface area contributed by atoms with Gasteiger partial charge in [0.25, 0.3) is 5.91 Å². The Hall–Kier alpha value is -9.99. The topological polar surface area (TPSA) is 473 Å². The number of benzene rings is 3. The number of nitrogens with two attached hydrogens (primary N) is 2. The number of urea groups is 1. The molecule has 0 radical (unpaired) electrons. The largest absolute Gasteiger partial charge is 0.507 e. The van der Waals surface area contributed by atoms with Crippen molar-refractivity contribution >= 4 is 83.2 Å². The number of likely N-dealkylation sites (N-methyl/N-ethyl adjacent to an activating group) is 2. The summed E-state index contributed by atoms with van der Waals surface area (Å²) in [4.78, 5) is 171. The summed E-state index contributed by atoms with van der Waals surface area (Å²) in [7, 11) is 6.02. The van der Waals surface area contributed by atoms with Crippen LogP contribution in [0.1, 0.15) is 170 Å². The number of rotatable bonds is 45. The van der Waals surface area contributed by atoms with Gasteiger partial charge in [0.1, 0.15) is 48.6 Å². The van der Waals surface area contributed by atoms with E-state index in [-0.39, 0.29) is 80.0 Å². The molecular formula is C79H122N14O19. The van der Waals surface area contributed by atoms with Crippen LogP contribution >= 0.6 is 0 Å². The number of phenols is 1. The molecule has 0 aromatic heterocycles. The Balaban J connectivity index is 1.36. The number of nitrogens with zero attached hydrogens (tertiary/aromatic N) is 4. The van der Waals surface area contributed by atoms with Crippen molar-refractivity contribution in [1.29, 1.82) is 0 Å². The van der Waals surface area contributed by atoms with Gasteiger partial charge in [-0.3, -0.25) is 58.2 Å². The highest BCUT2D eigenvalue weighted by Crippen LogP contribution is 2.31. The molecule has 112 heavy (non-hydrogen) atoms. The first kappa shape index (κ1) is 94.4. The van der Waals surface area contributed by atoms with Crippen molar-refractivity contribution in [3.05, 3.63) is 95.1 Å². The van der Waals surface area contributed by atoms with Crippen molar-refractivity contribution in [3.63, 3.8) is 0 Å². The SMILES string of the molecule is CC[C@H](C)[C@@H]([C@@H](CC(=O)N1CCC[C@H]1[C@H](OC)[C@@H](C)C(=O)N[C@H](C)[C@@H](O)c1ccccc1)OC)N(C)C(=O)[C@@H](NC(=O)[C@H](C(C)C)N(C)C(=O)OCc1ccc(NC(=O)[C@H](CCCNC(N)=O)NC(=O)[C@@H](NC(=O)CC[C@H](NC(=O)CO/N=C/c2cc(C[C@H](NC(C)(C)C)C(=O)O)ccc2O)C(N)=O)C(C)C)cc1)C(C)C. The number of methoxy groups -OCH3 is 2. The quantitative estimate of drug-likeness (QED) is 0.0211. The smallest absolute Gasteiger partial charge is 0.410 e. The monoisotopic (exact) mass is 1570 g/mol. The van der Waals surface area contributed by atoms with Gasteiger partial charge >= 0.3 is 18.1 Å². The number of phenolic OH excluding ortho intramolecular Hbond substituents is 1. The number of aromatic hydroxyl groups is 1. The first-order valence-corrected chi connectivity index (χ1v) is 38.1. The predicted octanol–water partition coefficient (Wildman–Crippen LogP) is 4.48. The molecule has 33 heteroatoms. The third-order valence-electron chi connectivity index (χ3n) is 19.8. The summed E-state index contributed by atoms with van der Waals surface area (Å²) in [5.74, 6) is -9.30. The molecule has 3 aromatic carbocycles. The van der Waals surface area contributed by atoms with E-state index in [2.05, 4.69) is 47.7 Å². The van der Waals surface area contributed by atoms with Crippen molar-refractivity contribution < 1.29 is 91.9 Å². The van der Waals surface area contributed by atoms with Crippen molar-refractivity contribution in [2.75, 3.05) is 53.3 Å². The number of ether oxygens (including phenoxy) is 3. The fourth-order valence-electron chi connectivity index (χ4n) is 13.5. The first-order valence-electron chi connectivity index (χ1n) is 38.1. The molecule has 3 aromatic rings. The zero-order valence-electron chi connectivity index (χ0n) is 67.8. The van der Waals surface area contributed by atoms with E-state index in [1.54, 1.807) is 97.7 Å². The van der Waals surface area contributed by atoms with E-state index in [1.165, 1.54) is 50.4 Å². The fourth-order valence-corrected chi connectivity index (χ4v) is 13.5. The van der Waals surface area contributed by atoms with Gasteiger partial charge in [0.2, 0.25) is 47.3 Å². The molecule has 0 bridgehead atoms. The number of hydrogen-bond acceptors (Lipinski definition) is 20. The molecule has 1 fully saturated rings. The number of oxime groups is 1. The van der Waals surface area contributed by atoms with E-state index in [9.17, 15) is 72.9 Å². The van der Waals surface area contributed by atoms with E-state index in [0.29, 0.717) is 42.5 Å². The number of carboxylic acid groups (broad SMARTS) is 1. The average Bonchev–Trinajstić information content (AvgIpc) is 1.36. The second-order valence-electron chi connectivity index (χ2n) is 30.7. The minimum absolute atomic E-state index is 0.0152. The number of carbonyl (C=O) groups is 12. The van der Waals surface area contributed by atoms with E-state index in [4.69, 9.17) is 30.5 Å². The zero-order valence-corrected chi connectivity index (χ0v) is 67.8. The Labute approximate surface area is 657 Å². The molecule has 0 saturated carbocycles. The van der Waals surface area contributed by atoms with Gasteiger partial charge in [-0.15, -0.1) is 0 Å². The summed E-state index contributed by atoms with van der Waals surface area (Å²) in [6.45, 7) is 22.7. The number of primary amides is 2. The highest BCUT2D eigenvalue weighted by molar-refractivity contribution is 5.99. The van der Waals surface area contributed by atoms with Crippen LogP contribution in [-0.2, 0) is 80.0 Å². The highest BCUT2D eigenvalue weighted by Gasteiger charge is 2.44. The molecule has 14 atom stereocenters. The molecule has 1 aliphatic rings. The second kappa shape index (κ2) is 45.5. The minimum atomic E-state index is -1.37. The van der Waals surface area contributed by atoms with Crippen LogP contribution in [0.15, 0.2) is 78.0 Å². The molecule has 4 rings (SSSR count). The summed E-state index contributed by atoms with van der Waals surface area (Å²) in [5, 5.41) is 56.6.